The van der Waals surface area contributed by atoms with Gasteiger partial charge in [-0.25, -0.2) is 0 Å². The maximum Gasteiger partial charge on any atom is 0.245 e. The molecule has 0 spiro atoms. The van der Waals surface area contributed by atoms with Crippen molar-refractivity contribution in [1.82, 2.24) is 63.8 Å². The van der Waals surface area contributed by atoms with Gasteiger partial charge < -0.3 is 103 Å². The summed E-state index contributed by atoms with van der Waals surface area (Å²) in [5.74, 6) is -10.3. The molecule has 31 nitrogen and oxygen atoms in total. The molecule has 462 valence electrons. The van der Waals surface area contributed by atoms with E-state index in [0.29, 0.717) is 6.42 Å². The molecule has 0 aromatic carbocycles. The lowest BCUT2D eigenvalue weighted by molar-refractivity contribution is -0.137. The first-order valence-electron chi connectivity index (χ1n) is 27.8. The second-order valence-electron chi connectivity index (χ2n) is 20.4. The van der Waals surface area contributed by atoms with Crippen molar-refractivity contribution >= 4 is 70.9 Å². The summed E-state index contributed by atoms with van der Waals surface area (Å²) >= 11 is 0. The Bertz CT molecular complexity index is 2070. The fourth-order valence-corrected chi connectivity index (χ4v) is 8.32. The SMILES string of the molecule is CCCCCCCC(=O)N[C@@H](CCCNC(=N)N)C(=O)N[C@H](C(=O)N[C@@H](CCN)C(=O)N[C@H]1CCNC(=O)[C@H]([C@@H](C)O)NC(=O)[C@H](CCN)NC(=O)[C@H](CCN)NC(=O)[C@H](CC(C)C)NC(=O)CNC(=O)[C@H](CCN)NC1=O)[C@@H](C)O. The Kier molecular flexibility index (Phi) is 35.3. The number of nitrogens with two attached hydrogens (primary N) is 5. The molecule has 1 saturated heterocycles. The largest absolute Gasteiger partial charge is 0.391 e. The van der Waals surface area contributed by atoms with Crippen LogP contribution >= 0.6 is 0 Å². The number of aliphatic hydroxyl groups is 2. The van der Waals surface area contributed by atoms with Crippen molar-refractivity contribution in [2.75, 3.05) is 45.8 Å². The van der Waals surface area contributed by atoms with Gasteiger partial charge in [0.05, 0.1) is 18.8 Å². The van der Waals surface area contributed by atoms with Crippen molar-refractivity contribution in [3.05, 3.63) is 0 Å². The van der Waals surface area contributed by atoms with Crippen LogP contribution in [0.4, 0.5) is 0 Å². The first-order chi connectivity index (χ1) is 38.3. The lowest BCUT2D eigenvalue weighted by atomic mass is 10.0. The van der Waals surface area contributed by atoms with Crippen LogP contribution in [0.15, 0.2) is 0 Å². The van der Waals surface area contributed by atoms with Crippen molar-refractivity contribution in [3.8, 4) is 0 Å². The molecule has 1 fully saturated rings. The van der Waals surface area contributed by atoms with Crippen LogP contribution in [0.5, 0.6) is 0 Å². The molecule has 0 saturated carbocycles. The minimum atomic E-state index is -1.72. The summed E-state index contributed by atoms with van der Waals surface area (Å²) in [6, 6.07) is -13.2. The summed E-state index contributed by atoms with van der Waals surface area (Å²) in [6.45, 7) is 6.32. The van der Waals surface area contributed by atoms with Gasteiger partial charge in [0.25, 0.3) is 0 Å². The van der Waals surface area contributed by atoms with Gasteiger partial charge in [-0.05, 0) is 104 Å². The molecule has 1 heterocycles. The predicted octanol–water partition coefficient (Wildman–Crippen LogP) is -7.19. The van der Waals surface area contributed by atoms with Crippen LogP contribution in [0, 0.1) is 11.3 Å². The molecule has 1 aliphatic heterocycles. The van der Waals surface area contributed by atoms with Crippen LogP contribution in [-0.4, -0.2) is 194 Å². The summed E-state index contributed by atoms with van der Waals surface area (Å²) in [5.41, 5.74) is 28.6. The average molecular weight is 1160 g/mol. The molecule has 0 aliphatic carbocycles. The number of amides is 11. The molecule has 11 atom stereocenters. The van der Waals surface area contributed by atoms with Crippen molar-refractivity contribution in [1.29, 1.82) is 5.41 Å². The monoisotopic (exact) mass is 1150 g/mol. The van der Waals surface area contributed by atoms with E-state index in [-0.39, 0.29) is 96.0 Å². The second kappa shape index (κ2) is 39.6. The van der Waals surface area contributed by atoms with Gasteiger partial charge in [0, 0.05) is 19.5 Å². The molecule has 1 rings (SSSR count). The van der Waals surface area contributed by atoms with E-state index in [1.807, 2.05) is 0 Å². The molecule has 0 radical (unpaired) electrons. The van der Waals surface area contributed by atoms with Crippen molar-refractivity contribution in [2.24, 2.45) is 34.6 Å². The minimum absolute atomic E-state index is 0.0333. The van der Waals surface area contributed by atoms with Crippen molar-refractivity contribution in [3.63, 3.8) is 0 Å². The third kappa shape index (κ3) is 28.5. The standard InChI is InChI=1S/C50H94N18O13/c1-6-7-8-9-10-13-37(71)60-30(12-11-23-58-50(55)56)45(77)68-40(29(5)70)49(81)66-33(16-21-53)43(75)65-35-18-24-57-48(80)39(28(4)69)67-46(78)34(17-22-54)63-42(74)32(15-20-52)64-47(79)36(25-27(2)3)61-38(72)26-59-41(73)31(14-19-51)62-44(35)76/h27-36,39-40,69-70H,6-26,51-54H2,1-5H3,(H,57,80)(H,59,73)(H,60,71)(H,61,72)(H,62,76)(H,63,74)(H,64,79)(H,65,75)(H,66,81)(H,67,78)(H,68,77)(H4,55,56,58)/t28-,29-,30+,31+,32+,33+,34+,35+,36+,39+,40+/m1/s1. The Morgan fingerprint density at radius 2 is 1.17 bits per heavy atom. The van der Waals surface area contributed by atoms with Gasteiger partial charge >= 0.3 is 0 Å². The number of aliphatic hydroxyl groups excluding tert-OH is 2. The number of carbonyl (C=O) groups excluding carboxylic acids is 11. The number of nitrogens with one attached hydrogen (secondary N) is 13. The highest BCUT2D eigenvalue weighted by molar-refractivity contribution is 5.98. The highest BCUT2D eigenvalue weighted by Gasteiger charge is 2.36. The van der Waals surface area contributed by atoms with Gasteiger partial charge in [0.1, 0.15) is 54.4 Å². The van der Waals surface area contributed by atoms with E-state index in [2.05, 4.69) is 70.7 Å². The Balaban J connectivity index is 3.69. The number of carbonyl (C=O) groups is 11. The Hall–Kier alpha value is -6.80. The minimum Gasteiger partial charge on any atom is -0.391 e. The van der Waals surface area contributed by atoms with Crippen molar-refractivity contribution in [2.45, 2.75) is 191 Å². The molecule has 81 heavy (non-hydrogen) atoms. The Morgan fingerprint density at radius 3 is 1.72 bits per heavy atom. The Labute approximate surface area is 473 Å². The van der Waals surface area contributed by atoms with E-state index < -0.39 is 151 Å². The van der Waals surface area contributed by atoms with E-state index in [0.717, 1.165) is 25.7 Å². The third-order valence-electron chi connectivity index (χ3n) is 12.8. The summed E-state index contributed by atoms with van der Waals surface area (Å²) in [7, 11) is 0. The van der Waals surface area contributed by atoms with Crippen LogP contribution in [-0.2, 0) is 52.7 Å². The van der Waals surface area contributed by atoms with E-state index in [4.69, 9.17) is 34.1 Å². The summed E-state index contributed by atoms with van der Waals surface area (Å²) in [6.07, 6.45) is 0.384. The molecule has 25 N–H and O–H groups in total. The van der Waals surface area contributed by atoms with E-state index in [1.54, 1.807) is 13.8 Å². The van der Waals surface area contributed by atoms with Gasteiger partial charge in [0.15, 0.2) is 5.96 Å². The molecular formula is C50H94N18O13. The smallest absolute Gasteiger partial charge is 0.245 e. The molecular weight excluding hydrogens is 1060 g/mol. The zero-order valence-corrected chi connectivity index (χ0v) is 47.5. The highest BCUT2D eigenvalue weighted by Crippen LogP contribution is 2.10. The summed E-state index contributed by atoms with van der Waals surface area (Å²) in [5, 5.41) is 58.9. The summed E-state index contributed by atoms with van der Waals surface area (Å²) in [4.78, 5) is 151. The normalized spacial score (nSPS) is 22.0. The van der Waals surface area contributed by atoms with E-state index >= 15 is 0 Å². The van der Waals surface area contributed by atoms with E-state index in [1.165, 1.54) is 13.8 Å². The van der Waals surface area contributed by atoms with Crippen LogP contribution in [0.3, 0.4) is 0 Å². The molecule has 0 bridgehead atoms. The lowest BCUT2D eigenvalue weighted by Crippen LogP contribution is -2.61. The zero-order chi connectivity index (χ0) is 61.2. The molecule has 0 aromatic rings. The predicted molar refractivity (Wildman–Crippen MR) is 298 cm³/mol. The third-order valence-corrected chi connectivity index (χ3v) is 12.8. The first kappa shape index (κ1) is 72.2. The molecule has 1 aliphatic rings. The van der Waals surface area contributed by atoms with Crippen molar-refractivity contribution < 1.29 is 63.0 Å². The lowest BCUT2D eigenvalue weighted by Gasteiger charge is -2.28. The van der Waals surface area contributed by atoms with Crippen LogP contribution < -0.4 is 92.5 Å². The van der Waals surface area contributed by atoms with Crippen LogP contribution in [0.25, 0.3) is 0 Å². The quantitative estimate of drug-likeness (QED) is 0.0188. The maximum absolute atomic E-state index is 14.2. The van der Waals surface area contributed by atoms with Gasteiger partial charge in [-0.15, -0.1) is 0 Å². The van der Waals surface area contributed by atoms with Gasteiger partial charge in [-0.2, -0.15) is 0 Å². The number of hydrogen-bond donors (Lipinski definition) is 20. The van der Waals surface area contributed by atoms with Gasteiger partial charge in [-0.3, -0.25) is 58.1 Å². The summed E-state index contributed by atoms with van der Waals surface area (Å²) < 4.78 is 0. The number of guanidine groups is 1. The molecule has 31 heteroatoms. The number of hydrogen-bond acceptors (Lipinski definition) is 18. The molecule has 11 amide bonds. The Morgan fingerprint density at radius 1 is 0.617 bits per heavy atom. The molecule has 0 unspecified atom stereocenters. The first-order valence-corrected chi connectivity index (χ1v) is 27.8. The number of unbranched alkanes of at least 4 members (excludes halogenated alkanes) is 4. The van der Waals surface area contributed by atoms with E-state index in [9.17, 15) is 63.0 Å². The fraction of sp³-hybridized carbons (Fsp3) is 0.760. The van der Waals surface area contributed by atoms with Crippen LogP contribution in [0.1, 0.15) is 125 Å². The number of rotatable bonds is 29. The fourth-order valence-electron chi connectivity index (χ4n) is 8.32. The zero-order valence-electron chi connectivity index (χ0n) is 47.5. The van der Waals surface area contributed by atoms with Crippen LogP contribution in [0.2, 0.25) is 0 Å². The topological polar surface area (TPSA) is 527 Å². The maximum atomic E-state index is 14.2. The molecule has 0 aromatic heterocycles. The van der Waals surface area contributed by atoms with Gasteiger partial charge in [0.2, 0.25) is 65.0 Å². The highest BCUT2D eigenvalue weighted by atomic mass is 16.3. The second-order valence-corrected chi connectivity index (χ2v) is 20.4. The van der Waals surface area contributed by atoms with Gasteiger partial charge in [-0.1, -0.05) is 46.5 Å². The average Bonchev–Trinajstić information content (AvgIpc) is 3.41.